The van der Waals surface area contributed by atoms with E-state index in [4.69, 9.17) is 0 Å². The SMILES string of the molecule is CCNC(Cc1nccc(C(F)(F)F)n1)C(C)C. The number of alkyl halides is 3. The van der Waals surface area contributed by atoms with Crippen molar-refractivity contribution in [1.82, 2.24) is 15.3 Å². The van der Waals surface area contributed by atoms with Crippen LogP contribution in [0.5, 0.6) is 0 Å². The highest BCUT2D eigenvalue weighted by Crippen LogP contribution is 2.27. The molecule has 0 aliphatic rings. The van der Waals surface area contributed by atoms with Gasteiger partial charge < -0.3 is 5.32 Å². The van der Waals surface area contributed by atoms with Crippen molar-refractivity contribution in [2.75, 3.05) is 6.54 Å². The van der Waals surface area contributed by atoms with Gasteiger partial charge in [-0.1, -0.05) is 20.8 Å². The molecule has 6 heteroatoms. The van der Waals surface area contributed by atoms with Crippen LogP contribution >= 0.6 is 0 Å². The van der Waals surface area contributed by atoms with Crippen LogP contribution in [-0.2, 0) is 12.6 Å². The first-order chi connectivity index (χ1) is 8.34. The molecule has 0 bridgehead atoms. The number of likely N-dealkylation sites (N-methyl/N-ethyl adjacent to an activating group) is 1. The fourth-order valence-corrected chi connectivity index (χ4v) is 1.66. The second-order valence-corrected chi connectivity index (χ2v) is 4.47. The highest BCUT2D eigenvalue weighted by molar-refractivity contribution is 5.07. The number of nitrogens with zero attached hydrogens (tertiary/aromatic N) is 2. The summed E-state index contributed by atoms with van der Waals surface area (Å²) in [6.45, 7) is 6.76. The van der Waals surface area contributed by atoms with E-state index in [9.17, 15) is 13.2 Å². The lowest BCUT2D eigenvalue weighted by atomic mass is 10.0. The Bertz CT molecular complexity index is 377. The fourth-order valence-electron chi connectivity index (χ4n) is 1.66. The summed E-state index contributed by atoms with van der Waals surface area (Å²) in [5, 5.41) is 3.23. The summed E-state index contributed by atoms with van der Waals surface area (Å²) in [7, 11) is 0. The van der Waals surface area contributed by atoms with Gasteiger partial charge in [0.2, 0.25) is 0 Å². The Morgan fingerprint density at radius 1 is 1.33 bits per heavy atom. The van der Waals surface area contributed by atoms with Gasteiger partial charge in [-0.3, -0.25) is 0 Å². The maximum absolute atomic E-state index is 12.5. The van der Waals surface area contributed by atoms with Crippen LogP contribution in [0, 0.1) is 5.92 Å². The van der Waals surface area contributed by atoms with Gasteiger partial charge in [0.1, 0.15) is 11.5 Å². The van der Waals surface area contributed by atoms with Gasteiger partial charge in [0, 0.05) is 18.7 Å². The number of nitrogens with one attached hydrogen (secondary N) is 1. The van der Waals surface area contributed by atoms with E-state index in [1.165, 1.54) is 0 Å². The number of hydrogen-bond donors (Lipinski definition) is 1. The smallest absolute Gasteiger partial charge is 0.314 e. The first-order valence-corrected chi connectivity index (χ1v) is 5.97. The third-order valence-corrected chi connectivity index (χ3v) is 2.67. The van der Waals surface area contributed by atoms with E-state index in [0.717, 1.165) is 18.8 Å². The Balaban J connectivity index is 2.83. The zero-order chi connectivity index (χ0) is 13.8. The molecule has 0 aromatic carbocycles. The van der Waals surface area contributed by atoms with Gasteiger partial charge in [0.15, 0.2) is 0 Å². The normalized spacial score (nSPS) is 13.9. The first kappa shape index (κ1) is 14.9. The van der Waals surface area contributed by atoms with Crippen molar-refractivity contribution in [3.63, 3.8) is 0 Å². The topological polar surface area (TPSA) is 37.8 Å². The van der Waals surface area contributed by atoms with Crippen LogP contribution in [0.2, 0.25) is 0 Å². The number of aromatic nitrogens is 2. The molecule has 1 aromatic heterocycles. The average molecular weight is 261 g/mol. The van der Waals surface area contributed by atoms with Gasteiger partial charge in [-0.25, -0.2) is 9.97 Å². The van der Waals surface area contributed by atoms with Crippen molar-refractivity contribution in [2.24, 2.45) is 5.92 Å². The van der Waals surface area contributed by atoms with E-state index in [-0.39, 0.29) is 11.9 Å². The molecule has 0 aliphatic heterocycles. The predicted octanol–water partition coefficient (Wildman–Crippen LogP) is 2.67. The fraction of sp³-hybridized carbons (Fsp3) is 0.667. The van der Waals surface area contributed by atoms with Gasteiger partial charge in [-0.05, 0) is 18.5 Å². The summed E-state index contributed by atoms with van der Waals surface area (Å²) in [5.74, 6) is 0.535. The van der Waals surface area contributed by atoms with Gasteiger partial charge in [-0.2, -0.15) is 13.2 Å². The maximum Gasteiger partial charge on any atom is 0.433 e. The summed E-state index contributed by atoms with van der Waals surface area (Å²) in [5.41, 5.74) is -0.883. The summed E-state index contributed by atoms with van der Waals surface area (Å²) in [4.78, 5) is 7.48. The quantitative estimate of drug-likeness (QED) is 0.885. The summed E-state index contributed by atoms with van der Waals surface area (Å²) >= 11 is 0. The van der Waals surface area contributed by atoms with Crippen molar-refractivity contribution in [3.8, 4) is 0 Å². The maximum atomic E-state index is 12.5. The van der Waals surface area contributed by atoms with Crippen molar-refractivity contribution in [2.45, 2.75) is 39.4 Å². The lowest BCUT2D eigenvalue weighted by Crippen LogP contribution is -2.36. The van der Waals surface area contributed by atoms with Crippen LogP contribution < -0.4 is 5.32 Å². The van der Waals surface area contributed by atoms with Gasteiger partial charge in [-0.15, -0.1) is 0 Å². The minimum atomic E-state index is -4.41. The molecule has 0 spiro atoms. The molecule has 1 aromatic rings. The minimum Gasteiger partial charge on any atom is -0.314 e. The molecular weight excluding hydrogens is 243 g/mol. The number of rotatable bonds is 5. The molecule has 0 saturated heterocycles. The Labute approximate surface area is 105 Å². The molecule has 1 N–H and O–H groups in total. The second kappa shape index (κ2) is 6.13. The Hall–Kier alpha value is -1.17. The standard InChI is InChI=1S/C12H18F3N3/c1-4-16-9(8(2)3)7-11-17-6-5-10(18-11)12(13,14)15/h5-6,8-9,16H,4,7H2,1-3H3. The largest absolute Gasteiger partial charge is 0.433 e. The lowest BCUT2D eigenvalue weighted by molar-refractivity contribution is -0.141. The van der Waals surface area contributed by atoms with Crippen molar-refractivity contribution in [3.05, 3.63) is 23.8 Å². The predicted molar refractivity (Wildman–Crippen MR) is 63.0 cm³/mol. The third-order valence-electron chi connectivity index (χ3n) is 2.67. The zero-order valence-corrected chi connectivity index (χ0v) is 10.8. The van der Waals surface area contributed by atoms with Crippen LogP contribution in [0.1, 0.15) is 32.3 Å². The molecule has 0 amide bonds. The molecule has 3 nitrogen and oxygen atoms in total. The van der Waals surface area contributed by atoms with Gasteiger partial charge in [0.05, 0.1) is 0 Å². The lowest BCUT2D eigenvalue weighted by Gasteiger charge is -2.21. The summed E-state index contributed by atoms with van der Waals surface area (Å²) < 4.78 is 37.5. The molecule has 18 heavy (non-hydrogen) atoms. The van der Waals surface area contributed by atoms with Crippen molar-refractivity contribution in [1.29, 1.82) is 0 Å². The van der Waals surface area contributed by atoms with Crippen LogP contribution in [-0.4, -0.2) is 22.6 Å². The molecule has 0 radical (unpaired) electrons. The van der Waals surface area contributed by atoms with Crippen LogP contribution in [0.15, 0.2) is 12.3 Å². The number of halogens is 3. The van der Waals surface area contributed by atoms with E-state index in [0.29, 0.717) is 12.3 Å². The Morgan fingerprint density at radius 3 is 2.50 bits per heavy atom. The molecule has 0 saturated carbocycles. The van der Waals surface area contributed by atoms with E-state index < -0.39 is 11.9 Å². The van der Waals surface area contributed by atoms with E-state index >= 15 is 0 Å². The number of hydrogen-bond acceptors (Lipinski definition) is 3. The summed E-state index contributed by atoms with van der Waals surface area (Å²) in [6, 6.07) is 0.972. The zero-order valence-electron chi connectivity index (χ0n) is 10.8. The monoisotopic (exact) mass is 261 g/mol. The second-order valence-electron chi connectivity index (χ2n) is 4.47. The molecule has 0 aliphatic carbocycles. The van der Waals surface area contributed by atoms with Crippen molar-refractivity contribution >= 4 is 0 Å². The highest BCUT2D eigenvalue weighted by atomic mass is 19.4. The first-order valence-electron chi connectivity index (χ1n) is 5.97. The molecule has 0 fully saturated rings. The molecule has 1 unspecified atom stereocenters. The molecule has 1 heterocycles. The summed E-state index contributed by atoms with van der Waals surface area (Å²) in [6.07, 6.45) is -2.85. The Morgan fingerprint density at radius 2 is 2.00 bits per heavy atom. The molecule has 102 valence electrons. The highest BCUT2D eigenvalue weighted by Gasteiger charge is 2.32. The van der Waals surface area contributed by atoms with Crippen LogP contribution in [0.4, 0.5) is 13.2 Å². The molecule has 1 rings (SSSR count). The van der Waals surface area contributed by atoms with Gasteiger partial charge in [0.25, 0.3) is 0 Å². The minimum absolute atomic E-state index is 0.0819. The van der Waals surface area contributed by atoms with E-state index in [1.54, 1.807) is 0 Å². The van der Waals surface area contributed by atoms with E-state index in [1.807, 2.05) is 20.8 Å². The Kier molecular flexibility index (Phi) is 5.07. The third kappa shape index (κ3) is 4.25. The molecular formula is C12H18F3N3. The van der Waals surface area contributed by atoms with Crippen LogP contribution in [0.3, 0.4) is 0 Å². The van der Waals surface area contributed by atoms with Crippen molar-refractivity contribution < 1.29 is 13.2 Å². The van der Waals surface area contributed by atoms with Gasteiger partial charge >= 0.3 is 6.18 Å². The van der Waals surface area contributed by atoms with E-state index in [2.05, 4.69) is 15.3 Å². The average Bonchev–Trinajstić information content (AvgIpc) is 2.27. The molecule has 1 atom stereocenters. The van der Waals surface area contributed by atoms with Crippen LogP contribution in [0.25, 0.3) is 0 Å².